The van der Waals surface area contributed by atoms with Gasteiger partial charge in [-0.3, -0.25) is 14.6 Å². The first-order valence-corrected chi connectivity index (χ1v) is 7.15. The molecule has 0 aliphatic heterocycles. The van der Waals surface area contributed by atoms with Gasteiger partial charge in [0.15, 0.2) is 0 Å². The predicted molar refractivity (Wildman–Crippen MR) is 83.2 cm³/mol. The van der Waals surface area contributed by atoms with Gasteiger partial charge in [0.2, 0.25) is 0 Å². The Morgan fingerprint density at radius 2 is 1.95 bits per heavy atom. The highest BCUT2D eigenvalue weighted by Gasteiger charge is 2.22. The average molecular weight is 302 g/mol. The zero-order chi connectivity index (χ0) is 15.0. The van der Waals surface area contributed by atoms with Crippen LogP contribution in [-0.4, -0.2) is 19.7 Å². The molecule has 3 aromatic rings. The second kappa shape index (κ2) is 5.42. The van der Waals surface area contributed by atoms with Gasteiger partial charge in [-0.2, -0.15) is 5.10 Å². The molecule has 2 heterocycles. The van der Waals surface area contributed by atoms with E-state index in [1.54, 1.807) is 18.6 Å². The number of halogens is 1. The van der Waals surface area contributed by atoms with E-state index in [1.807, 2.05) is 36.7 Å². The molecule has 1 aromatic carbocycles. The zero-order valence-corrected chi connectivity index (χ0v) is 12.6. The van der Waals surface area contributed by atoms with Crippen molar-refractivity contribution in [3.05, 3.63) is 53.1 Å². The Labute approximate surface area is 127 Å². The smallest absolute Gasteiger partial charge is 0.0938 e. The maximum Gasteiger partial charge on any atom is 0.0938 e. The minimum absolute atomic E-state index is 0.180. The molecule has 0 saturated carbocycles. The van der Waals surface area contributed by atoms with Crippen molar-refractivity contribution in [3.8, 4) is 0 Å². The van der Waals surface area contributed by atoms with Crippen molar-refractivity contribution in [2.24, 2.45) is 5.73 Å². The van der Waals surface area contributed by atoms with Gasteiger partial charge in [0.25, 0.3) is 0 Å². The van der Waals surface area contributed by atoms with E-state index >= 15 is 0 Å². The monoisotopic (exact) mass is 301 g/mol. The molecule has 2 aromatic heterocycles. The molecule has 1 unspecified atom stereocenters. The van der Waals surface area contributed by atoms with Crippen molar-refractivity contribution in [3.63, 3.8) is 0 Å². The van der Waals surface area contributed by atoms with Gasteiger partial charge in [-0.25, -0.2) is 0 Å². The van der Waals surface area contributed by atoms with Gasteiger partial charge in [0.05, 0.1) is 34.0 Å². The molecular weight excluding hydrogens is 286 g/mol. The van der Waals surface area contributed by atoms with Crippen molar-refractivity contribution in [2.75, 3.05) is 0 Å². The standard InChI is InChI=1S/C15H16ClN5/c1-9(2)21-15(11(16)8-20-21)13(17)10-4-3-5-12-14(10)19-7-6-18-12/h3-9,13H,17H2,1-2H3. The van der Waals surface area contributed by atoms with Crippen molar-refractivity contribution in [1.82, 2.24) is 19.7 Å². The molecule has 108 valence electrons. The van der Waals surface area contributed by atoms with Crippen LogP contribution in [0.2, 0.25) is 5.02 Å². The summed E-state index contributed by atoms with van der Waals surface area (Å²) in [7, 11) is 0. The Balaban J connectivity index is 2.17. The van der Waals surface area contributed by atoms with E-state index in [0.717, 1.165) is 22.3 Å². The minimum Gasteiger partial charge on any atom is -0.319 e. The Kier molecular flexibility index (Phi) is 3.61. The molecule has 0 aliphatic carbocycles. The largest absolute Gasteiger partial charge is 0.319 e. The van der Waals surface area contributed by atoms with E-state index in [4.69, 9.17) is 17.3 Å². The van der Waals surface area contributed by atoms with E-state index < -0.39 is 6.04 Å². The quantitative estimate of drug-likeness (QED) is 0.807. The molecule has 0 fully saturated rings. The lowest BCUT2D eigenvalue weighted by atomic mass is 10.0. The molecule has 0 bridgehead atoms. The summed E-state index contributed by atoms with van der Waals surface area (Å²) < 4.78 is 1.85. The van der Waals surface area contributed by atoms with E-state index in [1.165, 1.54) is 0 Å². The number of fused-ring (bicyclic) bond motifs is 1. The maximum atomic E-state index is 6.45. The molecule has 0 amide bonds. The van der Waals surface area contributed by atoms with Crippen LogP contribution in [0.1, 0.15) is 37.2 Å². The number of nitrogens with two attached hydrogens (primary N) is 1. The molecule has 5 nitrogen and oxygen atoms in total. The van der Waals surface area contributed by atoms with Crippen LogP contribution in [0.3, 0.4) is 0 Å². The average Bonchev–Trinajstić information content (AvgIpc) is 2.88. The van der Waals surface area contributed by atoms with Gasteiger partial charge in [-0.05, 0) is 19.9 Å². The summed E-state index contributed by atoms with van der Waals surface area (Å²) in [6.07, 6.45) is 4.97. The summed E-state index contributed by atoms with van der Waals surface area (Å²) in [4.78, 5) is 8.71. The van der Waals surface area contributed by atoms with Crippen LogP contribution >= 0.6 is 11.6 Å². The van der Waals surface area contributed by atoms with E-state index in [9.17, 15) is 0 Å². The summed E-state index contributed by atoms with van der Waals surface area (Å²) in [5, 5.41) is 4.88. The van der Waals surface area contributed by atoms with Crippen molar-refractivity contribution < 1.29 is 0 Å². The van der Waals surface area contributed by atoms with Crippen molar-refractivity contribution >= 4 is 22.6 Å². The zero-order valence-electron chi connectivity index (χ0n) is 11.9. The molecule has 0 aliphatic rings. The van der Waals surface area contributed by atoms with Gasteiger partial charge < -0.3 is 5.73 Å². The fourth-order valence-corrected chi connectivity index (χ4v) is 2.71. The van der Waals surface area contributed by atoms with Gasteiger partial charge >= 0.3 is 0 Å². The Hall–Kier alpha value is -1.98. The fraction of sp³-hybridized carbons (Fsp3) is 0.267. The first-order chi connectivity index (χ1) is 10.1. The van der Waals surface area contributed by atoms with Crippen LogP contribution in [0.15, 0.2) is 36.8 Å². The number of hydrogen-bond donors (Lipinski definition) is 1. The topological polar surface area (TPSA) is 69.6 Å². The summed E-state index contributed by atoms with van der Waals surface area (Å²) in [6, 6.07) is 5.58. The molecule has 3 rings (SSSR count). The molecule has 21 heavy (non-hydrogen) atoms. The molecule has 6 heteroatoms. The van der Waals surface area contributed by atoms with E-state index in [2.05, 4.69) is 15.1 Å². The molecule has 0 spiro atoms. The minimum atomic E-state index is -0.400. The third-order valence-corrected chi connectivity index (χ3v) is 3.73. The van der Waals surface area contributed by atoms with E-state index in [0.29, 0.717) is 5.02 Å². The summed E-state index contributed by atoms with van der Waals surface area (Å²) in [5.41, 5.74) is 9.75. The van der Waals surface area contributed by atoms with Crippen LogP contribution in [0, 0.1) is 0 Å². The van der Waals surface area contributed by atoms with E-state index in [-0.39, 0.29) is 6.04 Å². The lowest BCUT2D eigenvalue weighted by Crippen LogP contribution is -2.19. The van der Waals surface area contributed by atoms with Crippen LogP contribution < -0.4 is 5.73 Å². The number of nitrogens with zero attached hydrogens (tertiary/aromatic N) is 4. The molecular formula is C15H16ClN5. The SMILES string of the molecule is CC(C)n1ncc(Cl)c1C(N)c1cccc2nccnc12. The fourth-order valence-electron chi connectivity index (χ4n) is 2.47. The van der Waals surface area contributed by atoms with Gasteiger partial charge in [-0.1, -0.05) is 23.7 Å². The van der Waals surface area contributed by atoms with Crippen LogP contribution in [0.25, 0.3) is 11.0 Å². The first kappa shape index (κ1) is 14.0. The van der Waals surface area contributed by atoms with Crippen LogP contribution in [-0.2, 0) is 0 Å². The molecule has 1 atom stereocenters. The highest BCUT2D eigenvalue weighted by atomic mass is 35.5. The molecule has 2 N–H and O–H groups in total. The Morgan fingerprint density at radius 3 is 2.71 bits per heavy atom. The second-order valence-corrected chi connectivity index (χ2v) is 5.57. The number of hydrogen-bond acceptors (Lipinski definition) is 4. The lowest BCUT2D eigenvalue weighted by molar-refractivity contribution is 0.499. The Bertz CT molecular complexity index is 775. The second-order valence-electron chi connectivity index (χ2n) is 5.17. The van der Waals surface area contributed by atoms with Gasteiger partial charge in [0.1, 0.15) is 0 Å². The van der Waals surface area contributed by atoms with Crippen molar-refractivity contribution in [2.45, 2.75) is 25.9 Å². The molecule has 0 saturated heterocycles. The normalized spacial score (nSPS) is 13.0. The summed E-state index contributed by atoms with van der Waals surface area (Å²) >= 11 is 6.29. The first-order valence-electron chi connectivity index (χ1n) is 6.77. The third-order valence-electron chi connectivity index (χ3n) is 3.44. The highest BCUT2D eigenvalue weighted by Crippen LogP contribution is 2.31. The van der Waals surface area contributed by atoms with Crippen LogP contribution in [0.5, 0.6) is 0 Å². The lowest BCUT2D eigenvalue weighted by Gasteiger charge is -2.18. The maximum absolute atomic E-state index is 6.45. The van der Waals surface area contributed by atoms with Gasteiger partial charge in [0, 0.05) is 24.0 Å². The predicted octanol–water partition coefficient (Wildman–Crippen LogP) is 3.11. The number of aromatic nitrogens is 4. The van der Waals surface area contributed by atoms with Crippen LogP contribution in [0.4, 0.5) is 0 Å². The van der Waals surface area contributed by atoms with Crippen molar-refractivity contribution in [1.29, 1.82) is 0 Å². The highest BCUT2D eigenvalue weighted by molar-refractivity contribution is 6.31. The third kappa shape index (κ3) is 2.39. The summed E-state index contributed by atoms with van der Waals surface area (Å²) in [5.74, 6) is 0. The summed E-state index contributed by atoms with van der Waals surface area (Å²) in [6.45, 7) is 4.09. The Morgan fingerprint density at radius 1 is 1.19 bits per heavy atom. The number of para-hydroxylation sites is 1. The molecule has 0 radical (unpaired) electrons. The van der Waals surface area contributed by atoms with Gasteiger partial charge in [-0.15, -0.1) is 0 Å². The number of benzene rings is 1. The number of rotatable bonds is 3.